The fourth-order valence-corrected chi connectivity index (χ4v) is 2.42. The number of carboxylic acid groups (broad SMARTS) is 1. The molecule has 7 heteroatoms. The second-order valence-electron chi connectivity index (χ2n) is 4.83. The summed E-state index contributed by atoms with van der Waals surface area (Å²) in [5.41, 5.74) is 1.08. The minimum absolute atomic E-state index is 0.0465. The van der Waals surface area contributed by atoms with Crippen LogP contribution in [0.4, 0.5) is 0 Å². The van der Waals surface area contributed by atoms with Gasteiger partial charge in [0.15, 0.2) is 5.69 Å². The molecule has 1 aromatic carbocycles. The number of benzene rings is 1. The maximum absolute atomic E-state index is 11.2. The van der Waals surface area contributed by atoms with Crippen molar-refractivity contribution >= 4 is 29.2 Å². The highest BCUT2D eigenvalue weighted by Gasteiger charge is 2.21. The molecule has 5 nitrogen and oxygen atoms in total. The second kappa shape index (κ2) is 5.81. The van der Waals surface area contributed by atoms with E-state index < -0.39 is 5.97 Å². The zero-order chi connectivity index (χ0) is 14.9. The molecular weight excluding hydrogens is 301 g/mol. The lowest BCUT2D eigenvalue weighted by molar-refractivity contribution is 0.0689. The molecular formula is C13H13Cl2N3O2. The molecule has 0 spiro atoms. The quantitative estimate of drug-likeness (QED) is 0.938. The van der Waals surface area contributed by atoms with Crippen LogP contribution in [0, 0.1) is 5.92 Å². The Morgan fingerprint density at radius 2 is 1.90 bits per heavy atom. The van der Waals surface area contributed by atoms with Gasteiger partial charge in [-0.2, -0.15) is 0 Å². The van der Waals surface area contributed by atoms with E-state index in [1.165, 1.54) is 4.68 Å². The third-order valence-corrected chi connectivity index (χ3v) is 3.10. The van der Waals surface area contributed by atoms with Crippen LogP contribution in [0.2, 0.25) is 10.0 Å². The van der Waals surface area contributed by atoms with Gasteiger partial charge in [0.05, 0.1) is 11.4 Å². The number of carbonyl (C=O) groups is 1. The Kier molecular flexibility index (Phi) is 4.30. The molecule has 0 unspecified atom stereocenters. The first kappa shape index (κ1) is 14.8. The topological polar surface area (TPSA) is 68.0 Å². The highest BCUT2D eigenvalue weighted by Crippen LogP contribution is 2.24. The molecule has 0 amide bonds. The number of aromatic carboxylic acids is 1. The van der Waals surface area contributed by atoms with E-state index in [1.807, 2.05) is 13.8 Å². The average molecular weight is 314 g/mol. The predicted molar refractivity (Wildman–Crippen MR) is 76.9 cm³/mol. The summed E-state index contributed by atoms with van der Waals surface area (Å²) in [5.74, 6) is -0.833. The highest BCUT2D eigenvalue weighted by molar-refractivity contribution is 6.34. The number of hydrogen-bond acceptors (Lipinski definition) is 3. The zero-order valence-corrected chi connectivity index (χ0v) is 12.5. The molecule has 0 bridgehead atoms. The SMILES string of the molecule is CC(C)Cc1c(C(=O)O)nnn1-c1cc(Cl)cc(Cl)c1. The molecule has 0 fully saturated rings. The van der Waals surface area contributed by atoms with Gasteiger partial charge in [-0.15, -0.1) is 5.10 Å². The van der Waals surface area contributed by atoms with E-state index in [-0.39, 0.29) is 11.6 Å². The number of rotatable bonds is 4. The van der Waals surface area contributed by atoms with Crippen molar-refractivity contribution in [2.24, 2.45) is 5.92 Å². The van der Waals surface area contributed by atoms with Crippen LogP contribution in [-0.2, 0) is 6.42 Å². The van der Waals surface area contributed by atoms with Gasteiger partial charge in [-0.3, -0.25) is 0 Å². The van der Waals surface area contributed by atoms with Crippen LogP contribution in [0.5, 0.6) is 0 Å². The maximum atomic E-state index is 11.2. The van der Waals surface area contributed by atoms with Crippen molar-refractivity contribution in [2.75, 3.05) is 0 Å². The number of carboxylic acids is 1. The van der Waals surface area contributed by atoms with Gasteiger partial charge < -0.3 is 5.11 Å². The van der Waals surface area contributed by atoms with Crippen LogP contribution in [0.1, 0.15) is 30.0 Å². The van der Waals surface area contributed by atoms with Gasteiger partial charge in [-0.05, 0) is 30.5 Å². The summed E-state index contributed by atoms with van der Waals surface area (Å²) in [4.78, 5) is 11.2. The summed E-state index contributed by atoms with van der Waals surface area (Å²) in [5, 5.41) is 17.7. The minimum atomic E-state index is -1.10. The Balaban J connectivity index is 2.58. The van der Waals surface area contributed by atoms with E-state index in [2.05, 4.69) is 10.3 Å². The maximum Gasteiger partial charge on any atom is 0.358 e. The molecule has 0 saturated heterocycles. The fraction of sp³-hybridized carbons (Fsp3) is 0.308. The van der Waals surface area contributed by atoms with Crippen LogP contribution in [0.25, 0.3) is 5.69 Å². The van der Waals surface area contributed by atoms with Gasteiger partial charge in [-0.25, -0.2) is 9.48 Å². The van der Waals surface area contributed by atoms with Crippen LogP contribution >= 0.6 is 23.2 Å². The molecule has 20 heavy (non-hydrogen) atoms. The molecule has 106 valence electrons. The van der Waals surface area contributed by atoms with E-state index in [0.717, 1.165) is 0 Å². The van der Waals surface area contributed by atoms with Gasteiger partial charge in [0, 0.05) is 10.0 Å². The molecule has 0 aliphatic carbocycles. The summed E-state index contributed by atoms with van der Waals surface area (Å²) in [7, 11) is 0. The number of nitrogens with zero attached hydrogens (tertiary/aromatic N) is 3. The standard InChI is InChI=1S/C13H13Cl2N3O2/c1-7(2)3-11-12(13(19)20)16-17-18(11)10-5-8(14)4-9(15)6-10/h4-7H,3H2,1-2H3,(H,19,20). The van der Waals surface area contributed by atoms with Crippen molar-refractivity contribution in [1.82, 2.24) is 15.0 Å². The smallest absolute Gasteiger partial charge is 0.358 e. The van der Waals surface area contributed by atoms with Crippen LogP contribution in [0.15, 0.2) is 18.2 Å². The molecule has 0 aliphatic rings. The van der Waals surface area contributed by atoms with Crippen LogP contribution < -0.4 is 0 Å². The lowest BCUT2D eigenvalue weighted by Gasteiger charge is -2.10. The Bertz CT molecular complexity index is 633. The van der Waals surface area contributed by atoms with Gasteiger partial charge in [0.25, 0.3) is 0 Å². The highest BCUT2D eigenvalue weighted by atomic mass is 35.5. The lowest BCUT2D eigenvalue weighted by atomic mass is 10.1. The lowest BCUT2D eigenvalue weighted by Crippen LogP contribution is -2.09. The third-order valence-electron chi connectivity index (χ3n) is 2.66. The van der Waals surface area contributed by atoms with Gasteiger partial charge in [0.2, 0.25) is 0 Å². The van der Waals surface area contributed by atoms with Crippen molar-refractivity contribution in [2.45, 2.75) is 20.3 Å². The second-order valence-corrected chi connectivity index (χ2v) is 5.70. The van der Waals surface area contributed by atoms with E-state index in [9.17, 15) is 9.90 Å². The summed E-state index contributed by atoms with van der Waals surface area (Å²) < 4.78 is 1.47. The molecule has 1 N–H and O–H groups in total. The van der Waals surface area contributed by atoms with Crippen molar-refractivity contribution in [3.05, 3.63) is 39.6 Å². The minimum Gasteiger partial charge on any atom is -0.476 e. The van der Waals surface area contributed by atoms with Crippen molar-refractivity contribution < 1.29 is 9.90 Å². The molecule has 0 atom stereocenters. The summed E-state index contributed by atoms with van der Waals surface area (Å²) >= 11 is 11.9. The largest absolute Gasteiger partial charge is 0.476 e. The fourth-order valence-electron chi connectivity index (χ4n) is 1.91. The van der Waals surface area contributed by atoms with E-state index >= 15 is 0 Å². The first-order valence-corrected chi connectivity index (χ1v) is 6.78. The van der Waals surface area contributed by atoms with Crippen molar-refractivity contribution in [3.8, 4) is 5.69 Å². The molecule has 2 rings (SSSR count). The van der Waals surface area contributed by atoms with Crippen LogP contribution in [0.3, 0.4) is 0 Å². The number of halogens is 2. The monoisotopic (exact) mass is 313 g/mol. The third kappa shape index (κ3) is 3.11. The zero-order valence-electron chi connectivity index (χ0n) is 11.0. The normalized spacial score (nSPS) is 11.1. The Morgan fingerprint density at radius 1 is 1.30 bits per heavy atom. The molecule has 0 radical (unpaired) electrons. The van der Waals surface area contributed by atoms with Gasteiger partial charge >= 0.3 is 5.97 Å². The van der Waals surface area contributed by atoms with Crippen molar-refractivity contribution in [1.29, 1.82) is 0 Å². The molecule has 1 aromatic heterocycles. The van der Waals surface area contributed by atoms with Crippen molar-refractivity contribution in [3.63, 3.8) is 0 Å². The Morgan fingerprint density at radius 3 is 2.40 bits per heavy atom. The van der Waals surface area contributed by atoms with E-state index in [4.69, 9.17) is 23.2 Å². The summed E-state index contributed by atoms with van der Waals surface area (Å²) in [6, 6.07) is 4.93. The summed E-state index contributed by atoms with van der Waals surface area (Å²) in [6.07, 6.45) is 0.540. The van der Waals surface area contributed by atoms with Gasteiger partial charge in [0.1, 0.15) is 0 Å². The molecule has 2 aromatic rings. The summed E-state index contributed by atoms with van der Waals surface area (Å²) in [6.45, 7) is 3.99. The average Bonchev–Trinajstić information content (AvgIpc) is 2.70. The van der Waals surface area contributed by atoms with Crippen LogP contribution in [-0.4, -0.2) is 26.1 Å². The van der Waals surface area contributed by atoms with E-state index in [1.54, 1.807) is 18.2 Å². The molecule has 0 aliphatic heterocycles. The first-order valence-electron chi connectivity index (χ1n) is 6.03. The Hall–Kier alpha value is -1.59. The number of hydrogen-bond donors (Lipinski definition) is 1. The first-order chi connectivity index (χ1) is 9.38. The molecule has 0 saturated carbocycles. The Labute approximate surface area is 126 Å². The number of aromatic nitrogens is 3. The van der Waals surface area contributed by atoms with Gasteiger partial charge in [-0.1, -0.05) is 42.3 Å². The molecule has 1 heterocycles. The van der Waals surface area contributed by atoms with E-state index in [0.29, 0.717) is 27.8 Å². The predicted octanol–water partition coefficient (Wildman–Crippen LogP) is 3.47.